The Morgan fingerprint density at radius 3 is 2.85 bits per heavy atom. The summed E-state index contributed by atoms with van der Waals surface area (Å²) in [5.41, 5.74) is 2.81. The molecule has 2 aromatic carbocycles. The van der Waals surface area contributed by atoms with Crippen LogP contribution in [0.25, 0.3) is 0 Å². The van der Waals surface area contributed by atoms with Crippen molar-refractivity contribution in [2.24, 2.45) is 0 Å². The molecular formula is C17H18FNO. The lowest BCUT2D eigenvalue weighted by atomic mass is 10.0. The highest BCUT2D eigenvalue weighted by atomic mass is 19.1. The molecule has 1 aliphatic heterocycles. The summed E-state index contributed by atoms with van der Waals surface area (Å²) >= 11 is 0. The smallest absolute Gasteiger partial charge is 0.126 e. The van der Waals surface area contributed by atoms with Gasteiger partial charge in [-0.2, -0.15) is 0 Å². The van der Waals surface area contributed by atoms with E-state index in [1.54, 1.807) is 13.0 Å². The van der Waals surface area contributed by atoms with Gasteiger partial charge in [0.1, 0.15) is 18.2 Å². The summed E-state index contributed by atoms with van der Waals surface area (Å²) in [6.07, 6.45) is 0. The molecule has 0 saturated carbocycles. The van der Waals surface area contributed by atoms with Crippen LogP contribution in [0.5, 0.6) is 5.75 Å². The van der Waals surface area contributed by atoms with Crippen molar-refractivity contribution < 1.29 is 9.13 Å². The standard InChI is InChI=1S/C17H18FNO/c1-11-7-8-13(9-15(11)18)12(2)19-16-10-20-17-6-4-3-5-14(16)17/h3-9,12,16,19H,10H2,1-2H3. The first-order chi connectivity index (χ1) is 9.65. The second-order valence-corrected chi connectivity index (χ2v) is 5.30. The third-order valence-corrected chi connectivity index (χ3v) is 3.85. The first kappa shape index (κ1) is 13.1. The average molecular weight is 271 g/mol. The molecule has 0 amide bonds. The quantitative estimate of drug-likeness (QED) is 0.913. The van der Waals surface area contributed by atoms with E-state index in [0.29, 0.717) is 12.2 Å². The second kappa shape index (κ2) is 5.25. The van der Waals surface area contributed by atoms with Crippen LogP contribution in [0.3, 0.4) is 0 Å². The molecule has 3 heteroatoms. The van der Waals surface area contributed by atoms with Crippen molar-refractivity contribution in [3.63, 3.8) is 0 Å². The number of halogens is 1. The van der Waals surface area contributed by atoms with E-state index in [0.717, 1.165) is 11.3 Å². The molecule has 0 aliphatic carbocycles. The first-order valence-corrected chi connectivity index (χ1v) is 6.89. The van der Waals surface area contributed by atoms with Crippen LogP contribution in [0.4, 0.5) is 4.39 Å². The number of para-hydroxylation sites is 1. The Kier molecular flexibility index (Phi) is 3.45. The average Bonchev–Trinajstić information content (AvgIpc) is 2.85. The molecule has 20 heavy (non-hydrogen) atoms. The van der Waals surface area contributed by atoms with E-state index in [1.165, 1.54) is 5.56 Å². The van der Waals surface area contributed by atoms with Crippen molar-refractivity contribution in [2.75, 3.05) is 6.61 Å². The van der Waals surface area contributed by atoms with E-state index in [9.17, 15) is 4.39 Å². The van der Waals surface area contributed by atoms with Gasteiger partial charge in [-0.15, -0.1) is 0 Å². The molecule has 104 valence electrons. The number of benzene rings is 2. The predicted octanol–water partition coefficient (Wildman–Crippen LogP) is 3.92. The highest BCUT2D eigenvalue weighted by Crippen LogP contribution is 2.33. The molecule has 0 radical (unpaired) electrons. The summed E-state index contributed by atoms with van der Waals surface area (Å²) in [4.78, 5) is 0. The van der Waals surface area contributed by atoms with Crippen LogP contribution >= 0.6 is 0 Å². The van der Waals surface area contributed by atoms with Crippen LogP contribution in [-0.4, -0.2) is 6.61 Å². The zero-order chi connectivity index (χ0) is 14.1. The molecule has 1 aliphatic rings. The Labute approximate surface area is 118 Å². The van der Waals surface area contributed by atoms with Gasteiger partial charge in [0, 0.05) is 11.6 Å². The van der Waals surface area contributed by atoms with E-state index in [-0.39, 0.29) is 17.9 Å². The molecule has 0 bridgehead atoms. The number of ether oxygens (including phenoxy) is 1. The highest BCUT2D eigenvalue weighted by Gasteiger charge is 2.25. The van der Waals surface area contributed by atoms with Crippen molar-refractivity contribution in [3.05, 3.63) is 65.0 Å². The monoisotopic (exact) mass is 271 g/mol. The van der Waals surface area contributed by atoms with Crippen molar-refractivity contribution in [2.45, 2.75) is 25.9 Å². The minimum atomic E-state index is -0.153. The third kappa shape index (κ3) is 2.41. The Bertz CT molecular complexity index is 626. The van der Waals surface area contributed by atoms with Gasteiger partial charge in [-0.3, -0.25) is 0 Å². The number of hydrogen-bond acceptors (Lipinski definition) is 2. The molecule has 3 rings (SSSR count). The summed E-state index contributed by atoms with van der Waals surface area (Å²) in [6.45, 7) is 4.45. The molecule has 0 aromatic heterocycles. The lowest BCUT2D eigenvalue weighted by molar-refractivity contribution is 0.301. The molecule has 1 heterocycles. The Balaban J connectivity index is 1.77. The minimum Gasteiger partial charge on any atom is -0.491 e. The van der Waals surface area contributed by atoms with Gasteiger partial charge in [0.2, 0.25) is 0 Å². The van der Waals surface area contributed by atoms with Gasteiger partial charge >= 0.3 is 0 Å². The van der Waals surface area contributed by atoms with Crippen LogP contribution in [0.15, 0.2) is 42.5 Å². The number of hydrogen-bond donors (Lipinski definition) is 1. The van der Waals surface area contributed by atoms with E-state index in [2.05, 4.69) is 11.4 Å². The second-order valence-electron chi connectivity index (χ2n) is 5.30. The topological polar surface area (TPSA) is 21.3 Å². The highest BCUT2D eigenvalue weighted by molar-refractivity contribution is 5.39. The Morgan fingerprint density at radius 1 is 1.25 bits per heavy atom. The van der Waals surface area contributed by atoms with Crippen LogP contribution < -0.4 is 10.1 Å². The fraction of sp³-hybridized carbons (Fsp3) is 0.294. The fourth-order valence-corrected chi connectivity index (χ4v) is 2.58. The zero-order valence-corrected chi connectivity index (χ0v) is 11.7. The van der Waals surface area contributed by atoms with Crippen molar-refractivity contribution in [3.8, 4) is 5.75 Å². The molecule has 2 aromatic rings. The summed E-state index contributed by atoms with van der Waals surface area (Å²) in [5.74, 6) is 0.784. The maximum Gasteiger partial charge on any atom is 0.126 e. The van der Waals surface area contributed by atoms with Crippen molar-refractivity contribution in [1.82, 2.24) is 5.32 Å². The fourth-order valence-electron chi connectivity index (χ4n) is 2.58. The van der Waals surface area contributed by atoms with Gasteiger partial charge in [-0.05, 0) is 37.1 Å². The SMILES string of the molecule is Cc1ccc(C(C)NC2COc3ccccc32)cc1F. The molecule has 0 spiro atoms. The van der Waals surface area contributed by atoms with Gasteiger partial charge < -0.3 is 10.1 Å². The van der Waals surface area contributed by atoms with Crippen molar-refractivity contribution >= 4 is 0 Å². The van der Waals surface area contributed by atoms with Crippen LogP contribution in [-0.2, 0) is 0 Å². The lowest BCUT2D eigenvalue weighted by Crippen LogP contribution is -2.25. The van der Waals surface area contributed by atoms with Crippen LogP contribution in [0, 0.1) is 12.7 Å². The molecule has 1 N–H and O–H groups in total. The number of aryl methyl sites for hydroxylation is 1. The van der Waals surface area contributed by atoms with E-state index in [1.807, 2.05) is 37.3 Å². The molecule has 0 saturated heterocycles. The maximum absolute atomic E-state index is 13.6. The summed E-state index contributed by atoms with van der Waals surface area (Å²) in [6, 6.07) is 13.7. The zero-order valence-electron chi connectivity index (χ0n) is 11.7. The van der Waals surface area contributed by atoms with Gasteiger partial charge in [-0.25, -0.2) is 4.39 Å². The first-order valence-electron chi connectivity index (χ1n) is 6.89. The number of rotatable bonds is 3. The normalized spacial score (nSPS) is 18.4. The Morgan fingerprint density at radius 2 is 2.05 bits per heavy atom. The van der Waals surface area contributed by atoms with E-state index in [4.69, 9.17) is 4.74 Å². The number of fused-ring (bicyclic) bond motifs is 1. The lowest BCUT2D eigenvalue weighted by Gasteiger charge is -2.19. The third-order valence-electron chi connectivity index (χ3n) is 3.85. The summed E-state index contributed by atoms with van der Waals surface area (Å²) in [7, 11) is 0. The Hall–Kier alpha value is -1.87. The molecular weight excluding hydrogens is 253 g/mol. The van der Waals surface area contributed by atoms with Crippen LogP contribution in [0.1, 0.15) is 35.7 Å². The van der Waals surface area contributed by atoms with Gasteiger partial charge in [0.25, 0.3) is 0 Å². The number of nitrogens with one attached hydrogen (secondary N) is 1. The molecule has 2 unspecified atom stereocenters. The summed E-state index contributed by atoms with van der Waals surface area (Å²) < 4.78 is 19.3. The van der Waals surface area contributed by atoms with Crippen LogP contribution in [0.2, 0.25) is 0 Å². The van der Waals surface area contributed by atoms with Crippen molar-refractivity contribution in [1.29, 1.82) is 0 Å². The largest absolute Gasteiger partial charge is 0.491 e. The van der Waals surface area contributed by atoms with Gasteiger partial charge in [0.15, 0.2) is 0 Å². The molecule has 2 nitrogen and oxygen atoms in total. The molecule has 0 fully saturated rings. The predicted molar refractivity (Wildman–Crippen MR) is 77.4 cm³/mol. The van der Waals surface area contributed by atoms with Gasteiger partial charge in [0.05, 0.1) is 6.04 Å². The van der Waals surface area contributed by atoms with E-state index >= 15 is 0 Å². The summed E-state index contributed by atoms with van der Waals surface area (Å²) in [5, 5.41) is 3.51. The maximum atomic E-state index is 13.6. The van der Waals surface area contributed by atoms with Gasteiger partial charge in [-0.1, -0.05) is 30.3 Å². The minimum absolute atomic E-state index is 0.0739. The molecule has 2 atom stereocenters. The van der Waals surface area contributed by atoms with E-state index < -0.39 is 0 Å².